The third-order valence-corrected chi connectivity index (χ3v) is 2.95. The molecule has 0 amide bonds. The van der Waals surface area contributed by atoms with Crippen molar-refractivity contribution in [3.63, 3.8) is 0 Å². The van der Waals surface area contributed by atoms with Crippen LogP contribution in [0.4, 0.5) is 11.6 Å². The molecule has 0 saturated carbocycles. The summed E-state index contributed by atoms with van der Waals surface area (Å²) in [6.45, 7) is 5.58. The van der Waals surface area contributed by atoms with Crippen LogP contribution in [0.25, 0.3) is 0 Å². The zero-order valence-corrected chi connectivity index (χ0v) is 12.5. The van der Waals surface area contributed by atoms with Crippen LogP contribution in [0.3, 0.4) is 0 Å². The lowest BCUT2D eigenvalue weighted by Crippen LogP contribution is -2.25. The highest BCUT2D eigenvalue weighted by atomic mass is 32.2. The Labute approximate surface area is 113 Å². The van der Waals surface area contributed by atoms with Crippen molar-refractivity contribution in [2.45, 2.75) is 25.1 Å². The molecule has 0 aliphatic rings. The molecule has 0 aromatic carbocycles. The minimum atomic E-state index is 0.262. The van der Waals surface area contributed by atoms with Gasteiger partial charge in [0.2, 0.25) is 0 Å². The van der Waals surface area contributed by atoms with Gasteiger partial charge in [-0.3, -0.25) is 0 Å². The van der Waals surface area contributed by atoms with E-state index in [9.17, 15) is 0 Å². The molecule has 5 nitrogen and oxygen atoms in total. The minimum Gasteiger partial charge on any atom is -0.377 e. The van der Waals surface area contributed by atoms with Crippen molar-refractivity contribution in [3.8, 4) is 0 Å². The first-order chi connectivity index (χ1) is 8.56. The number of rotatable bonds is 7. The molecule has 0 atom stereocenters. The van der Waals surface area contributed by atoms with Crippen LogP contribution >= 0.6 is 11.8 Å². The molecule has 0 aliphatic carbocycles. The average Bonchev–Trinajstić information content (AvgIpc) is 2.37. The van der Waals surface area contributed by atoms with Crippen molar-refractivity contribution in [2.24, 2.45) is 0 Å². The first kappa shape index (κ1) is 15.0. The van der Waals surface area contributed by atoms with Gasteiger partial charge in [0, 0.05) is 26.7 Å². The maximum absolute atomic E-state index is 5.54. The molecule has 1 rings (SSSR count). The van der Waals surface area contributed by atoms with Gasteiger partial charge in [-0.1, -0.05) is 11.8 Å². The van der Waals surface area contributed by atoms with Crippen molar-refractivity contribution in [1.29, 1.82) is 0 Å². The van der Waals surface area contributed by atoms with E-state index in [-0.39, 0.29) is 6.10 Å². The number of aromatic nitrogens is 2. The molecule has 1 heterocycles. The van der Waals surface area contributed by atoms with E-state index >= 15 is 0 Å². The summed E-state index contributed by atoms with van der Waals surface area (Å²) in [6.07, 6.45) is 2.24. The second-order valence-corrected chi connectivity index (χ2v) is 4.96. The Hall–Kier alpha value is -1.01. The molecular formula is C12H22N4OS. The third-order valence-electron chi connectivity index (χ3n) is 2.40. The van der Waals surface area contributed by atoms with Crippen molar-refractivity contribution >= 4 is 23.4 Å². The van der Waals surface area contributed by atoms with Gasteiger partial charge in [0.25, 0.3) is 0 Å². The molecule has 0 bridgehead atoms. The fraction of sp³-hybridized carbons (Fsp3) is 0.667. The van der Waals surface area contributed by atoms with Crippen molar-refractivity contribution in [2.75, 3.05) is 43.7 Å². The zero-order chi connectivity index (χ0) is 13.5. The van der Waals surface area contributed by atoms with Crippen LogP contribution in [0.5, 0.6) is 0 Å². The van der Waals surface area contributed by atoms with Crippen LogP contribution in [-0.4, -0.2) is 49.6 Å². The van der Waals surface area contributed by atoms with E-state index in [1.54, 1.807) is 0 Å². The van der Waals surface area contributed by atoms with Gasteiger partial charge in [-0.2, -0.15) is 0 Å². The molecular weight excluding hydrogens is 248 g/mol. The standard InChI is InChI=1S/C12H22N4OS/c1-9(2)17-7-6-16(4)11-8-10(13-3)14-12(15-11)18-5/h8-9H,6-7H2,1-5H3,(H,13,14,15). The van der Waals surface area contributed by atoms with Crippen LogP contribution in [-0.2, 0) is 4.74 Å². The second-order valence-electron chi connectivity index (χ2n) is 4.19. The Bertz CT molecular complexity index is 351. The lowest BCUT2D eigenvalue weighted by atomic mass is 10.4. The molecule has 102 valence electrons. The number of ether oxygens (including phenoxy) is 1. The van der Waals surface area contributed by atoms with Gasteiger partial charge in [0.15, 0.2) is 5.16 Å². The van der Waals surface area contributed by atoms with E-state index in [2.05, 4.69) is 20.2 Å². The number of anilines is 2. The fourth-order valence-electron chi connectivity index (χ4n) is 1.37. The monoisotopic (exact) mass is 270 g/mol. The third kappa shape index (κ3) is 4.70. The minimum absolute atomic E-state index is 0.262. The molecule has 0 aliphatic heterocycles. The Balaban J connectivity index is 2.68. The number of likely N-dealkylation sites (N-methyl/N-ethyl adjacent to an activating group) is 1. The summed E-state index contributed by atoms with van der Waals surface area (Å²) in [5.74, 6) is 1.74. The number of thioether (sulfide) groups is 1. The highest BCUT2D eigenvalue weighted by molar-refractivity contribution is 7.98. The van der Waals surface area contributed by atoms with Gasteiger partial charge in [-0.25, -0.2) is 9.97 Å². The predicted molar refractivity (Wildman–Crippen MR) is 77.7 cm³/mol. The van der Waals surface area contributed by atoms with Crippen LogP contribution < -0.4 is 10.2 Å². The summed E-state index contributed by atoms with van der Waals surface area (Å²) >= 11 is 1.54. The van der Waals surface area contributed by atoms with Crippen molar-refractivity contribution < 1.29 is 4.74 Å². The molecule has 1 N–H and O–H groups in total. The Morgan fingerprint density at radius 2 is 2.17 bits per heavy atom. The molecule has 0 unspecified atom stereocenters. The Morgan fingerprint density at radius 3 is 2.72 bits per heavy atom. The zero-order valence-electron chi connectivity index (χ0n) is 11.7. The maximum atomic E-state index is 5.54. The topological polar surface area (TPSA) is 50.3 Å². The maximum Gasteiger partial charge on any atom is 0.191 e. The van der Waals surface area contributed by atoms with Crippen LogP contribution in [0.2, 0.25) is 0 Å². The van der Waals surface area contributed by atoms with Crippen LogP contribution in [0.15, 0.2) is 11.2 Å². The largest absolute Gasteiger partial charge is 0.377 e. The molecule has 6 heteroatoms. The first-order valence-corrected chi connectivity index (χ1v) is 7.23. The van der Waals surface area contributed by atoms with E-state index in [0.717, 1.165) is 23.3 Å². The van der Waals surface area contributed by atoms with Gasteiger partial charge in [0.1, 0.15) is 11.6 Å². The molecule has 0 radical (unpaired) electrons. The molecule has 0 saturated heterocycles. The molecule has 18 heavy (non-hydrogen) atoms. The number of nitrogens with one attached hydrogen (secondary N) is 1. The summed E-state index contributed by atoms with van der Waals surface area (Å²) in [7, 11) is 3.87. The predicted octanol–water partition coefficient (Wildman–Crippen LogP) is 2.10. The van der Waals surface area contributed by atoms with Crippen molar-refractivity contribution in [1.82, 2.24) is 9.97 Å². The normalized spacial score (nSPS) is 10.8. The van der Waals surface area contributed by atoms with Crippen LogP contribution in [0.1, 0.15) is 13.8 Å². The van der Waals surface area contributed by atoms with Crippen molar-refractivity contribution in [3.05, 3.63) is 6.07 Å². The summed E-state index contributed by atoms with van der Waals surface area (Å²) in [6, 6.07) is 1.94. The van der Waals surface area contributed by atoms with Gasteiger partial charge in [-0.05, 0) is 20.1 Å². The van der Waals surface area contributed by atoms with Crippen LogP contribution in [0, 0.1) is 0 Å². The summed E-state index contributed by atoms with van der Waals surface area (Å²) < 4.78 is 5.54. The lowest BCUT2D eigenvalue weighted by Gasteiger charge is -2.20. The molecule has 1 aromatic heterocycles. The number of nitrogens with zero attached hydrogens (tertiary/aromatic N) is 3. The first-order valence-electron chi connectivity index (χ1n) is 6.00. The quantitative estimate of drug-likeness (QED) is 0.605. The van der Waals surface area contributed by atoms with Gasteiger partial charge in [0.05, 0.1) is 12.7 Å². The highest BCUT2D eigenvalue weighted by Gasteiger charge is 2.07. The number of hydrogen-bond acceptors (Lipinski definition) is 6. The van der Waals surface area contributed by atoms with Gasteiger partial charge in [-0.15, -0.1) is 0 Å². The van der Waals surface area contributed by atoms with Gasteiger partial charge >= 0.3 is 0 Å². The van der Waals surface area contributed by atoms with E-state index in [1.165, 1.54) is 11.8 Å². The Kier molecular flexibility index (Phi) is 6.21. The van der Waals surface area contributed by atoms with E-state index in [1.807, 2.05) is 40.3 Å². The molecule has 0 fully saturated rings. The summed E-state index contributed by atoms with van der Waals surface area (Å²) in [5, 5.41) is 3.82. The van der Waals surface area contributed by atoms with E-state index in [0.29, 0.717) is 6.61 Å². The second kappa shape index (κ2) is 7.43. The summed E-state index contributed by atoms with van der Waals surface area (Å²) in [5.41, 5.74) is 0. The summed E-state index contributed by atoms with van der Waals surface area (Å²) in [4.78, 5) is 10.9. The average molecular weight is 270 g/mol. The van der Waals surface area contributed by atoms with Gasteiger partial charge < -0.3 is 15.0 Å². The fourth-order valence-corrected chi connectivity index (χ4v) is 1.74. The molecule has 0 spiro atoms. The molecule has 1 aromatic rings. The van der Waals surface area contributed by atoms with E-state index in [4.69, 9.17) is 4.74 Å². The highest BCUT2D eigenvalue weighted by Crippen LogP contribution is 2.19. The smallest absolute Gasteiger partial charge is 0.191 e. The number of hydrogen-bond donors (Lipinski definition) is 1. The SMILES string of the molecule is CNc1cc(N(C)CCOC(C)C)nc(SC)n1. The lowest BCUT2D eigenvalue weighted by molar-refractivity contribution is 0.0845. The Morgan fingerprint density at radius 1 is 1.44 bits per heavy atom. The van der Waals surface area contributed by atoms with E-state index < -0.39 is 0 Å².